The van der Waals surface area contributed by atoms with Crippen LogP contribution in [-0.4, -0.2) is 29.0 Å². The molecular weight excluding hydrogens is 420 g/mol. The molecule has 30 heavy (non-hydrogen) atoms. The monoisotopic (exact) mass is 440 g/mol. The van der Waals surface area contributed by atoms with Crippen molar-refractivity contribution in [3.63, 3.8) is 0 Å². The molecule has 1 aromatic heterocycles. The number of pyridine rings is 1. The zero-order valence-corrected chi connectivity index (χ0v) is 18.1. The third kappa shape index (κ3) is 3.13. The van der Waals surface area contributed by atoms with Crippen LogP contribution in [0.25, 0.3) is 0 Å². The maximum atomic E-state index is 13.6. The molecule has 0 radical (unpaired) electrons. The number of halogens is 1. The number of aromatic nitrogens is 1. The Balaban J connectivity index is 1.64. The summed E-state index contributed by atoms with van der Waals surface area (Å²) in [7, 11) is 0. The number of thioether (sulfide) groups is 1. The predicted octanol–water partition coefficient (Wildman–Crippen LogP) is 4.96. The van der Waals surface area contributed by atoms with Crippen LogP contribution in [0.15, 0.2) is 58.8 Å². The van der Waals surface area contributed by atoms with E-state index in [0.717, 1.165) is 36.1 Å². The maximum Gasteiger partial charge on any atom is 0.295 e. The lowest BCUT2D eigenvalue weighted by Gasteiger charge is -2.35. The Bertz CT molecular complexity index is 1040. The van der Waals surface area contributed by atoms with Crippen molar-refractivity contribution in [3.05, 3.63) is 64.5 Å². The number of nitrogens with zero attached hydrogens (tertiary/aromatic N) is 2. The number of ether oxygens (including phenoxy) is 1. The maximum absolute atomic E-state index is 13.6. The Morgan fingerprint density at radius 2 is 1.87 bits per heavy atom. The van der Waals surface area contributed by atoms with Crippen molar-refractivity contribution >= 4 is 40.9 Å². The van der Waals surface area contributed by atoms with E-state index < -0.39 is 6.04 Å². The smallest absolute Gasteiger partial charge is 0.295 e. The summed E-state index contributed by atoms with van der Waals surface area (Å²) < 4.78 is 6.18. The molecule has 5 nitrogen and oxygen atoms in total. The van der Waals surface area contributed by atoms with Gasteiger partial charge in [-0.2, -0.15) is 0 Å². The number of carbonyl (C=O) groups excluding carboxylic acids is 2. The minimum Gasteiger partial charge on any atom is -0.483 e. The molecule has 1 aromatic carbocycles. The normalized spacial score (nSPS) is 25.8. The minimum absolute atomic E-state index is 0.0460. The Labute approximate surface area is 184 Å². The summed E-state index contributed by atoms with van der Waals surface area (Å²) in [5, 5.41) is 0.488. The van der Waals surface area contributed by atoms with E-state index in [1.54, 1.807) is 28.8 Å². The van der Waals surface area contributed by atoms with Gasteiger partial charge in [0, 0.05) is 11.1 Å². The second-order valence-corrected chi connectivity index (χ2v) is 9.16. The van der Waals surface area contributed by atoms with E-state index in [4.69, 9.17) is 16.3 Å². The second kappa shape index (κ2) is 7.75. The van der Waals surface area contributed by atoms with Gasteiger partial charge < -0.3 is 4.74 Å². The number of rotatable bonds is 3. The van der Waals surface area contributed by atoms with Crippen LogP contribution in [0.4, 0.5) is 5.82 Å². The van der Waals surface area contributed by atoms with Crippen LogP contribution < -0.4 is 4.90 Å². The fourth-order valence-electron chi connectivity index (χ4n) is 4.69. The Morgan fingerprint density at radius 3 is 2.57 bits per heavy atom. The molecule has 2 aromatic rings. The van der Waals surface area contributed by atoms with Gasteiger partial charge in [0.25, 0.3) is 5.91 Å². The van der Waals surface area contributed by atoms with E-state index in [9.17, 15) is 9.59 Å². The Kier molecular flexibility index (Phi) is 5.07. The van der Waals surface area contributed by atoms with E-state index in [1.807, 2.05) is 30.5 Å². The first-order valence-electron chi connectivity index (χ1n) is 10.1. The van der Waals surface area contributed by atoms with Crippen molar-refractivity contribution in [2.45, 2.75) is 42.7 Å². The third-order valence-corrected chi connectivity index (χ3v) is 7.12. The van der Waals surface area contributed by atoms with E-state index in [0.29, 0.717) is 16.4 Å². The van der Waals surface area contributed by atoms with Gasteiger partial charge in [0.1, 0.15) is 11.9 Å². The van der Waals surface area contributed by atoms with Crippen molar-refractivity contribution < 1.29 is 14.3 Å². The highest BCUT2D eigenvalue weighted by molar-refractivity contribution is 7.98. The number of anilines is 1. The van der Waals surface area contributed by atoms with E-state index in [2.05, 4.69) is 4.98 Å². The minimum atomic E-state index is -0.549. The van der Waals surface area contributed by atoms with E-state index >= 15 is 0 Å². The number of ketones is 1. The molecule has 1 fully saturated rings. The number of carbonyl (C=O) groups is 2. The van der Waals surface area contributed by atoms with E-state index in [-0.39, 0.29) is 29.5 Å². The lowest BCUT2D eigenvalue weighted by molar-refractivity contribution is -0.131. The highest BCUT2D eigenvalue weighted by atomic mass is 35.5. The fourth-order valence-corrected chi connectivity index (χ4v) is 5.21. The summed E-state index contributed by atoms with van der Waals surface area (Å²) in [6.07, 6.45) is 6.98. The van der Waals surface area contributed by atoms with Gasteiger partial charge in [-0.1, -0.05) is 30.2 Å². The largest absolute Gasteiger partial charge is 0.483 e. The lowest BCUT2D eigenvalue weighted by atomic mass is 9.77. The van der Waals surface area contributed by atoms with Crippen LogP contribution in [0.5, 0.6) is 0 Å². The van der Waals surface area contributed by atoms with Crippen LogP contribution >= 0.6 is 23.4 Å². The predicted molar refractivity (Wildman–Crippen MR) is 117 cm³/mol. The summed E-state index contributed by atoms with van der Waals surface area (Å²) in [4.78, 5) is 34.1. The molecule has 3 aliphatic rings. The number of amides is 1. The highest BCUT2D eigenvalue weighted by Crippen LogP contribution is 2.48. The molecule has 3 atom stereocenters. The zero-order valence-electron chi connectivity index (χ0n) is 16.5. The number of Topliss-reactive ketones (excluding diaryl/α,β-unsaturated/α-hetero) is 1. The van der Waals surface area contributed by atoms with Gasteiger partial charge in [-0.25, -0.2) is 4.98 Å². The number of benzene rings is 1. The van der Waals surface area contributed by atoms with Crippen LogP contribution in [-0.2, 0) is 14.3 Å². The number of hydrogen-bond donors (Lipinski definition) is 0. The molecule has 2 aliphatic heterocycles. The van der Waals surface area contributed by atoms with Crippen molar-refractivity contribution in [2.75, 3.05) is 11.2 Å². The van der Waals surface area contributed by atoms with Crippen LogP contribution in [0.3, 0.4) is 0 Å². The summed E-state index contributed by atoms with van der Waals surface area (Å²) in [6.45, 7) is 0. The SMILES string of the molecule is CSc1ccc(C2C3=C(OC4CCCCC4C3=O)C(=O)N2c2ccc(Cl)cn2)cc1. The molecule has 1 aliphatic carbocycles. The molecule has 1 saturated carbocycles. The molecule has 0 saturated heterocycles. The first kappa shape index (κ1) is 19.6. The van der Waals surface area contributed by atoms with Crippen LogP contribution in [0.1, 0.15) is 37.3 Å². The second-order valence-electron chi connectivity index (χ2n) is 7.84. The molecule has 1 amide bonds. The molecule has 154 valence electrons. The first-order valence-corrected chi connectivity index (χ1v) is 11.7. The average Bonchev–Trinajstić information content (AvgIpc) is 3.07. The van der Waals surface area contributed by atoms with Crippen LogP contribution in [0, 0.1) is 5.92 Å². The summed E-state index contributed by atoms with van der Waals surface area (Å²) in [5.74, 6) is 0.216. The first-order chi connectivity index (χ1) is 14.6. The molecule has 0 bridgehead atoms. The quantitative estimate of drug-likeness (QED) is 0.631. The van der Waals surface area contributed by atoms with Crippen molar-refractivity contribution in [3.8, 4) is 0 Å². The van der Waals surface area contributed by atoms with Gasteiger partial charge in [0.2, 0.25) is 0 Å². The average molecular weight is 441 g/mol. The van der Waals surface area contributed by atoms with Crippen molar-refractivity contribution in [1.82, 2.24) is 4.98 Å². The van der Waals surface area contributed by atoms with E-state index in [1.165, 1.54) is 6.20 Å². The molecule has 0 spiro atoms. The summed E-state index contributed by atoms with van der Waals surface area (Å²) in [6, 6.07) is 10.8. The number of hydrogen-bond acceptors (Lipinski definition) is 5. The van der Waals surface area contributed by atoms with Gasteiger partial charge in [0.05, 0.1) is 22.6 Å². The standard InChI is InChI=1S/C23H21ClN2O3S/c1-30-15-9-6-13(7-10-15)20-19-21(27)16-4-2-3-5-17(16)29-22(19)23(28)26(20)18-11-8-14(24)12-25-18/h6-12,16-17,20H,2-5H2,1H3. The fraction of sp³-hybridized carbons (Fsp3) is 0.348. The molecular formula is C23H21ClN2O3S. The zero-order chi connectivity index (χ0) is 20.8. The third-order valence-electron chi connectivity index (χ3n) is 6.15. The molecule has 3 heterocycles. The molecule has 3 unspecified atom stereocenters. The summed E-state index contributed by atoms with van der Waals surface area (Å²) in [5.41, 5.74) is 1.34. The van der Waals surface area contributed by atoms with Gasteiger partial charge in [0.15, 0.2) is 11.5 Å². The Morgan fingerprint density at radius 1 is 1.10 bits per heavy atom. The van der Waals surface area contributed by atoms with Crippen molar-refractivity contribution in [1.29, 1.82) is 0 Å². The number of fused-ring (bicyclic) bond motifs is 1. The van der Waals surface area contributed by atoms with Crippen molar-refractivity contribution in [2.24, 2.45) is 5.92 Å². The van der Waals surface area contributed by atoms with Gasteiger partial charge in [-0.3, -0.25) is 14.5 Å². The van der Waals surface area contributed by atoms with Gasteiger partial charge in [-0.05, 0) is 55.3 Å². The van der Waals surface area contributed by atoms with Gasteiger partial charge in [-0.15, -0.1) is 11.8 Å². The highest BCUT2D eigenvalue weighted by Gasteiger charge is 2.52. The topological polar surface area (TPSA) is 59.5 Å². The van der Waals surface area contributed by atoms with Gasteiger partial charge >= 0.3 is 0 Å². The Hall–Kier alpha value is -2.31. The summed E-state index contributed by atoms with van der Waals surface area (Å²) >= 11 is 7.66. The molecule has 7 heteroatoms. The molecule has 5 rings (SSSR count). The lowest BCUT2D eigenvalue weighted by Crippen LogP contribution is -2.39. The van der Waals surface area contributed by atoms with Crippen LogP contribution in [0.2, 0.25) is 5.02 Å². The molecule has 0 N–H and O–H groups in total.